The highest BCUT2D eigenvalue weighted by Gasteiger charge is 2.61. The molecule has 19 heteroatoms. The molecular weight excluding hydrogens is 598 g/mol. The highest BCUT2D eigenvalue weighted by Crippen LogP contribution is 2.40. The number of aliphatic hydroxyl groups is 5. The number of nitrogens with two attached hydrogens (primary N) is 6. The first kappa shape index (κ1) is 36.0. The van der Waals surface area contributed by atoms with Gasteiger partial charge >= 0.3 is 0 Å². The Labute approximate surface area is 260 Å². The van der Waals surface area contributed by atoms with E-state index < -0.39 is 97.5 Å². The monoisotopic (exact) mass is 649 g/mol. The standard InChI is InChI=1S/C26H51N9O10/c27-4-1-5-33-8-10-2-3-11(28)22(42-10)44-20-12(29)6-13(34-24(40)26(41)7-15(26)35-25(31)32)21(19(20)39)45-23-18(38)16(30)17(37)14(9-36)43-23/h10-23,33,36-39,41H,1-9,27-30H2,(H,34,40)(H4,31,32,35)/t10-,11+,12-,13+,14+,15?,16-,17+,18+,19-,20?,21-,22+,23+,26?/m0/s1. The lowest BCUT2D eigenvalue weighted by Gasteiger charge is -2.48. The van der Waals surface area contributed by atoms with Gasteiger partial charge in [0, 0.05) is 19.0 Å². The number of amides is 1. The number of aliphatic imine (C=N–C) groups is 1. The van der Waals surface area contributed by atoms with E-state index in [4.69, 9.17) is 53.3 Å². The minimum absolute atomic E-state index is 0.0197. The van der Waals surface area contributed by atoms with Crippen molar-refractivity contribution in [2.75, 3.05) is 26.2 Å². The van der Waals surface area contributed by atoms with Gasteiger partial charge in [-0.1, -0.05) is 0 Å². The van der Waals surface area contributed by atoms with E-state index in [9.17, 15) is 30.3 Å². The van der Waals surface area contributed by atoms with E-state index in [0.29, 0.717) is 25.9 Å². The van der Waals surface area contributed by atoms with Gasteiger partial charge in [0.25, 0.3) is 5.91 Å². The summed E-state index contributed by atoms with van der Waals surface area (Å²) >= 11 is 0. The normalized spacial score (nSPS) is 45.1. The highest BCUT2D eigenvalue weighted by atomic mass is 16.7. The van der Waals surface area contributed by atoms with Crippen molar-refractivity contribution in [1.82, 2.24) is 10.6 Å². The van der Waals surface area contributed by atoms with Crippen molar-refractivity contribution in [1.29, 1.82) is 0 Å². The highest BCUT2D eigenvalue weighted by molar-refractivity contribution is 5.90. The molecule has 0 radical (unpaired) electrons. The minimum atomic E-state index is -1.90. The molecule has 3 unspecified atom stereocenters. The van der Waals surface area contributed by atoms with Crippen molar-refractivity contribution in [2.45, 2.75) is 123 Å². The molecule has 4 fully saturated rings. The number of rotatable bonds is 13. The number of carbonyl (C=O) groups is 1. The molecule has 2 aliphatic heterocycles. The summed E-state index contributed by atoms with van der Waals surface area (Å²) in [5.41, 5.74) is 33.2. The molecule has 0 bridgehead atoms. The molecule has 0 aromatic rings. The first-order valence-electron chi connectivity index (χ1n) is 15.4. The number of aliphatic hydroxyl groups excluding tert-OH is 4. The fraction of sp³-hybridized carbons (Fsp3) is 0.923. The van der Waals surface area contributed by atoms with Gasteiger partial charge in [-0.3, -0.25) is 4.79 Å². The van der Waals surface area contributed by atoms with Gasteiger partial charge in [0.1, 0.15) is 36.6 Å². The Bertz CT molecular complexity index is 1010. The largest absolute Gasteiger partial charge is 0.394 e. The van der Waals surface area contributed by atoms with Gasteiger partial charge in [0.2, 0.25) is 0 Å². The van der Waals surface area contributed by atoms with Gasteiger partial charge in [0.15, 0.2) is 24.1 Å². The van der Waals surface area contributed by atoms with E-state index in [-0.39, 0.29) is 24.9 Å². The van der Waals surface area contributed by atoms with E-state index in [0.717, 1.165) is 13.0 Å². The lowest BCUT2D eigenvalue weighted by molar-refractivity contribution is -0.314. The van der Waals surface area contributed by atoms with Crippen LogP contribution in [-0.2, 0) is 23.7 Å². The van der Waals surface area contributed by atoms with Crippen molar-refractivity contribution >= 4 is 11.9 Å². The van der Waals surface area contributed by atoms with Crippen molar-refractivity contribution in [2.24, 2.45) is 39.4 Å². The van der Waals surface area contributed by atoms with Gasteiger partial charge < -0.3 is 89.5 Å². The first-order valence-corrected chi connectivity index (χ1v) is 15.4. The fourth-order valence-electron chi connectivity index (χ4n) is 6.03. The third-order valence-corrected chi connectivity index (χ3v) is 8.88. The average Bonchev–Trinajstić information content (AvgIpc) is 3.65. The Morgan fingerprint density at radius 1 is 0.978 bits per heavy atom. The molecule has 2 saturated heterocycles. The molecule has 0 aromatic carbocycles. The molecule has 19 N–H and O–H groups in total. The molecule has 45 heavy (non-hydrogen) atoms. The fourth-order valence-corrected chi connectivity index (χ4v) is 6.03. The van der Waals surface area contributed by atoms with E-state index in [1.807, 2.05) is 0 Å². The van der Waals surface area contributed by atoms with Gasteiger partial charge in [-0.2, -0.15) is 0 Å². The number of ether oxygens (including phenoxy) is 4. The van der Waals surface area contributed by atoms with Crippen molar-refractivity contribution < 1.29 is 49.3 Å². The summed E-state index contributed by atoms with van der Waals surface area (Å²) in [6.07, 6.45) is -8.85. The van der Waals surface area contributed by atoms with Crippen LogP contribution in [0.3, 0.4) is 0 Å². The van der Waals surface area contributed by atoms with Crippen LogP contribution < -0.4 is 45.0 Å². The predicted octanol–water partition coefficient (Wildman–Crippen LogP) is -7.35. The molecule has 260 valence electrons. The van der Waals surface area contributed by atoms with E-state index in [1.54, 1.807) is 0 Å². The van der Waals surface area contributed by atoms with Crippen LogP contribution in [0.2, 0.25) is 0 Å². The molecule has 2 heterocycles. The second-order valence-corrected chi connectivity index (χ2v) is 12.4. The van der Waals surface area contributed by atoms with Crippen molar-refractivity contribution in [3.63, 3.8) is 0 Å². The zero-order chi connectivity index (χ0) is 33.1. The van der Waals surface area contributed by atoms with E-state index >= 15 is 0 Å². The summed E-state index contributed by atoms with van der Waals surface area (Å²) in [7, 11) is 0. The zero-order valence-electron chi connectivity index (χ0n) is 25.1. The lowest BCUT2D eigenvalue weighted by atomic mass is 9.83. The molecule has 19 nitrogen and oxygen atoms in total. The van der Waals surface area contributed by atoms with Crippen LogP contribution in [0.25, 0.3) is 0 Å². The van der Waals surface area contributed by atoms with Gasteiger partial charge in [-0.25, -0.2) is 4.99 Å². The molecule has 4 rings (SSSR count). The SMILES string of the molecule is NCCCNC[C@@H]1CC[C@@H](N)[C@@H](OC2[C@@H](N)C[C@@H](NC(=O)C3(O)CC3N=C(N)N)[C@H](O[C@H]3O[C@H](CO)[C@@H](O)[C@H](N)[C@H]3O)[C@H]2O)O1. The lowest BCUT2D eigenvalue weighted by Crippen LogP contribution is -2.69. The summed E-state index contributed by atoms with van der Waals surface area (Å²) in [5.74, 6) is -1.12. The van der Waals surface area contributed by atoms with Crippen molar-refractivity contribution in [3.8, 4) is 0 Å². The average molecular weight is 650 g/mol. The third kappa shape index (κ3) is 8.37. The van der Waals surface area contributed by atoms with Gasteiger partial charge in [-0.05, 0) is 38.8 Å². The molecule has 1 amide bonds. The Morgan fingerprint density at radius 3 is 2.36 bits per heavy atom. The Balaban J connectivity index is 1.51. The van der Waals surface area contributed by atoms with Crippen LogP contribution >= 0.6 is 0 Å². The Kier molecular flexibility index (Phi) is 12.3. The minimum Gasteiger partial charge on any atom is -0.394 e. The molecule has 2 saturated carbocycles. The van der Waals surface area contributed by atoms with Crippen LogP contribution in [0.1, 0.15) is 32.1 Å². The number of guanidine groups is 1. The number of hydrogen-bond donors (Lipinski definition) is 13. The van der Waals surface area contributed by atoms with Gasteiger partial charge in [-0.15, -0.1) is 0 Å². The molecule has 15 atom stereocenters. The topological polar surface area (TPSA) is 348 Å². The first-order chi connectivity index (χ1) is 21.3. The van der Waals surface area contributed by atoms with E-state index in [1.165, 1.54) is 0 Å². The summed E-state index contributed by atoms with van der Waals surface area (Å²) < 4.78 is 23.9. The van der Waals surface area contributed by atoms with Crippen LogP contribution in [0.5, 0.6) is 0 Å². The molecular formula is C26H51N9O10. The number of nitrogens with zero attached hydrogens (tertiary/aromatic N) is 1. The Morgan fingerprint density at radius 2 is 1.69 bits per heavy atom. The predicted molar refractivity (Wildman–Crippen MR) is 158 cm³/mol. The molecule has 2 aliphatic carbocycles. The van der Waals surface area contributed by atoms with Crippen LogP contribution in [0.15, 0.2) is 4.99 Å². The quantitative estimate of drug-likeness (QED) is 0.0500. The number of nitrogens with one attached hydrogen (secondary N) is 2. The second-order valence-electron chi connectivity index (χ2n) is 12.4. The summed E-state index contributed by atoms with van der Waals surface area (Å²) in [6.45, 7) is 1.19. The second kappa shape index (κ2) is 15.4. The van der Waals surface area contributed by atoms with Crippen LogP contribution in [0, 0.1) is 0 Å². The maximum absolute atomic E-state index is 13.2. The molecule has 4 aliphatic rings. The Hall–Kier alpha value is -1.82. The number of carbonyl (C=O) groups excluding carboxylic acids is 1. The molecule has 0 spiro atoms. The maximum atomic E-state index is 13.2. The van der Waals surface area contributed by atoms with E-state index in [2.05, 4.69) is 15.6 Å². The van der Waals surface area contributed by atoms with Crippen LogP contribution in [0.4, 0.5) is 0 Å². The maximum Gasteiger partial charge on any atom is 0.254 e. The smallest absolute Gasteiger partial charge is 0.254 e. The summed E-state index contributed by atoms with van der Waals surface area (Å²) in [6, 6.07) is -4.57. The zero-order valence-corrected chi connectivity index (χ0v) is 25.1. The molecule has 0 aromatic heterocycles. The van der Waals surface area contributed by atoms with Crippen molar-refractivity contribution in [3.05, 3.63) is 0 Å². The third-order valence-electron chi connectivity index (χ3n) is 8.88. The summed E-state index contributed by atoms with van der Waals surface area (Å²) in [5, 5.41) is 59.0. The van der Waals surface area contributed by atoms with Crippen LogP contribution in [-0.4, -0.2) is 155 Å². The number of hydrogen-bond acceptors (Lipinski definition) is 16. The summed E-state index contributed by atoms with van der Waals surface area (Å²) in [4.78, 5) is 17.0. The van der Waals surface area contributed by atoms with Gasteiger partial charge in [0.05, 0.1) is 36.9 Å².